The second-order valence-electron chi connectivity index (χ2n) is 4.02. The van der Waals surface area contributed by atoms with Gasteiger partial charge in [-0.25, -0.2) is 19.6 Å². The first-order valence-corrected chi connectivity index (χ1v) is 5.86. The zero-order valence-electron chi connectivity index (χ0n) is 10.1. The molecule has 2 unspecified atom stereocenters. The van der Waals surface area contributed by atoms with E-state index in [1.165, 1.54) is 6.08 Å². The van der Waals surface area contributed by atoms with Crippen LogP contribution in [0.2, 0.25) is 0 Å². The molecule has 0 heterocycles. The predicted molar refractivity (Wildman–Crippen MR) is 62.8 cm³/mol. The van der Waals surface area contributed by atoms with Crippen molar-refractivity contribution in [3.63, 3.8) is 0 Å². The van der Waals surface area contributed by atoms with E-state index in [1.54, 1.807) is 6.08 Å². The van der Waals surface area contributed by atoms with Crippen LogP contribution >= 0.6 is 0 Å². The van der Waals surface area contributed by atoms with Gasteiger partial charge in [0, 0.05) is 0 Å². The van der Waals surface area contributed by atoms with E-state index in [1.807, 2.05) is 0 Å². The van der Waals surface area contributed by atoms with E-state index in [0.717, 1.165) is 32.1 Å². The molecule has 0 spiro atoms. The molecule has 0 aliphatic heterocycles. The molecular weight excluding hydrogens is 204 g/mol. The molecule has 2 atom stereocenters. The number of aliphatic imine (C=N–C) groups is 2. The lowest BCUT2D eigenvalue weighted by molar-refractivity contribution is 0.390. The Morgan fingerprint density at radius 3 is 2.44 bits per heavy atom. The second kappa shape index (κ2) is 10.3. The van der Waals surface area contributed by atoms with Gasteiger partial charge in [-0.3, -0.25) is 0 Å². The summed E-state index contributed by atoms with van der Waals surface area (Å²) in [7, 11) is 0. The van der Waals surface area contributed by atoms with Crippen molar-refractivity contribution in [3.8, 4) is 0 Å². The van der Waals surface area contributed by atoms with Crippen molar-refractivity contribution in [2.45, 2.75) is 52.0 Å². The van der Waals surface area contributed by atoms with Gasteiger partial charge in [-0.1, -0.05) is 26.7 Å². The molecule has 0 amide bonds. The molecule has 0 aliphatic rings. The first-order valence-electron chi connectivity index (χ1n) is 5.86. The summed E-state index contributed by atoms with van der Waals surface area (Å²) in [5.74, 6) is 0.390. The molecule has 0 fully saturated rings. The maximum absolute atomic E-state index is 10.3. The molecule has 0 saturated heterocycles. The van der Waals surface area contributed by atoms with Crippen molar-refractivity contribution < 1.29 is 9.59 Å². The van der Waals surface area contributed by atoms with Crippen LogP contribution in [0.5, 0.6) is 0 Å². The number of isocyanates is 2. The van der Waals surface area contributed by atoms with Gasteiger partial charge in [-0.05, 0) is 25.2 Å². The SMILES string of the molecule is CCCC(N=C=O)C(C)CCCCN=C=O. The summed E-state index contributed by atoms with van der Waals surface area (Å²) in [6.45, 7) is 4.73. The normalized spacial score (nSPS) is 13.4. The number of hydrogen-bond acceptors (Lipinski definition) is 4. The van der Waals surface area contributed by atoms with E-state index >= 15 is 0 Å². The molecule has 4 heteroatoms. The zero-order chi connectivity index (χ0) is 12.2. The van der Waals surface area contributed by atoms with E-state index < -0.39 is 0 Å². The molecule has 0 rings (SSSR count). The maximum Gasteiger partial charge on any atom is 0.235 e. The minimum atomic E-state index is 0.0945. The summed E-state index contributed by atoms with van der Waals surface area (Å²) in [6, 6.07) is 0.0945. The predicted octanol–water partition coefficient (Wildman–Crippen LogP) is 2.63. The van der Waals surface area contributed by atoms with Crippen molar-refractivity contribution in [1.29, 1.82) is 0 Å². The maximum atomic E-state index is 10.3. The fraction of sp³-hybridized carbons (Fsp3) is 0.833. The summed E-state index contributed by atoms with van der Waals surface area (Å²) in [4.78, 5) is 27.4. The van der Waals surface area contributed by atoms with E-state index in [2.05, 4.69) is 23.8 Å². The third-order valence-corrected chi connectivity index (χ3v) is 2.70. The number of nitrogens with zero attached hydrogens (tertiary/aromatic N) is 2. The average molecular weight is 224 g/mol. The summed E-state index contributed by atoms with van der Waals surface area (Å²) in [5.41, 5.74) is 0. The number of unbranched alkanes of at least 4 members (excludes halogenated alkanes) is 1. The fourth-order valence-corrected chi connectivity index (χ4v) is 1.73. The van der Waals surface area contributed by atoms with Crippen LogP contribution in [0.1, 0.15) is 46.0 Å². The van der Waals surface area contributed by atoms with Crippen molar-refractivity contribution in [2.24, 2.45) is 15.9 Å². The van der Waals surface area contributed by atoms with E-state index in [-0.39, 0.29) is 6.04 Å². The van der Waals surface area contributed by atoms with Gasteiger partial charge < -0.3 is 0 Å². The number of hydrogen-bond donors (Lipinski definition) is 0. The molecule has 0 aromatic rings. The lowest BCUT2D eigenvalue weighted by Gasteiger charge is -2.17. The third-order valence-electron chi connectivity index (χ3n) is 2.70. The first kappa shape index (κ1) is 14.8. The smallest absolute Gasteiger partial charge is 0.211 e. The fourth-order valence-electron chi connectivity index (χ4n) is 1.73. The third kappa shape index (κ3) is 7.10. The van der Waals surface area contributed by atoms with Crippen LogP contribution in [0.4, 0.5) is 0 Å². The lowest BCUT2D eigenvalue weighted by Crippen LogP contribution is -2.15. The molecule has 0 radical (unpaired) electrons. The summed E-state index contributed by atoms with van der Waals surface area (Å²) in [6.07, 6.45) is 8.03. The quantitative estimate of drug-likeness (QED) is 0.343. The summed E-state index contributed by atoms with van der Waals surface area (Å²) >= 11 is 0. The summed E-state index contributed by atoms with van der Waals surface area (Å²) in [5, 5.41) is 0. The Morgan fingerprint density at radius 1 is 1.12 bits per heavy atom. The number of carbonyl (C=O) groups excluding carboxylic acids is 2. The van der Waals surface area contributed by atoms with Crippen molar-refractivity contribution >= 4 is 12.2 Å². The molecule has 90 valence electrons. The Kier molecular flexibility index (Phi) is 9.49. The topological polar surface area (TPSA) is 58.9 Å². The Bertz CT molecular complexity index is 266. The first-order chi connectivity index (χ1) is 7.76. The lowest BCUT2D eigenvalue weighted by atomic mass is 9.93. The van der Waals surface area contributed by atoms with E-state index in [0.29, 0.717) is 12.5 Å². The van der Waals surface area contributed by atoms with Crippen LogP contribution in [0, 0.1) is 5.92 Å². The molecule has 0 aliphatic carbocycles. The molecule has 0 aromatic carbocycles. The highest BCUT2D eigenvalue weighted by atomic mass is 16.1. The molecule has 0 aromatic heterocycles. The highest BCUT2D eigenvalue weighted by molar-refractivity contribution is 5.33. The molecule has 4 nitrogen and oxygen atoms in total. The van der Waals surface area contributed by atoms with E-state index in [4.69, 9.17) is 0 Å². The van der Waals surface area contributed by atoms with E-state index in [9.17, 15) is 9.59 Å². The largest absolute Gasteiger partial charge is 0.235 e. The van der Waals surface area contributed by atoms with Crippen molar-refractivity contribution in [2.75, 3.05) is 6.54 Å². The zero-order valence-corrected chi connectivity index (χ0v) is 10.1. The van der Waals surface area contributed by atoms with Crippen molar-refractivity contribution in [3.05, 3.63) is 0 Å². The van der Waals surface area contributed by atoms with Gasteiger partial charge >= 0.3 is 0 Å². The van der Waals surface area contributed by atoms with Crippen LogP contribution in [-0.2, 0) is 9.59 Å². The van der Waals surface area contributed by atoms with Crippen LogP contribution in [0.15, 0.2) is 9.98 Å². The van der Waals surface area contributed by atoms with Gasteiger partial charge in [-0.2, -0.15) is 0 Å². The van der Waals surface area contributed by atoms with Gasteiger partial charge in [-0.15, -0.1) is 0 Å². The minimum absolute atomic E-state index is 0.0945. The molecule has 16 heavy (non-hydrogen) atoms. The van der Waals surface area contributed by atoms with Gasteiger partial charge in [0.2, 0.25) is 12.2 Å². The Hall–Kier alpha value is -1.24. The highest BCUT2D eigenvalue weighted by Crippen LogP contribution is 2.18. The Morgan fingerprint density at radius 2 is 1.88 bits per heavy atom. The molecular formula is C12H20N2O2. The summed E-state index contributed by atoms with van der Waals surface area (Å²) < 4.78 is 0. The molecule has 0 saturated carbocycles. The highest BCUT2D eigenvalue weighted by Gasteiger charge is 2.14. The van der Waals surface area contributed by atoms with Gasteiger partial charge in [0.05, 0.1) is 12.6 Å². The monoisotopic (exact) mass is 224 g/mol. The molecule has 0 bridgehead atoms. The van der Waals surface area contributed by atoms with Crippen LogP contribution < -0.4 is 0 Å². The Balaban J connectivity index is 3.85. The minimum Gasteiger partial charge on any atom is -0.211 e. The Labute approximate surface area is 96.9 Å². The number of rotatable bonds is 9. The molecule has 0 N–H and O–H groups in total. The standard InChI is InChI=1S/C12H20N2O2/c1-3-6-12(14-10-16)11(2)7-4-5-8-13-9-15/h11-12H,3-8H2,1-2H3. The van der Waals surface area contributed by atoms with Crippen LogP contribution in [0.3, 0.4) is 0 Å². The van der Waals surface area contributed by atoms with Crippen LogP contribution in [0.25, 0.3) is 0 Å². The average Bonchev–Trinajstić information content (AvgIpc) is 2.28. The van der Waals surface area contributed by atoms with Gasteiger partial charge in [0.1, 0.15) is 0 Å². The van der Waals surface area contributed by atoms with Crippen LogP contribution in [-0.4, -0.2) is 24.7 Å². The van der Waals surface area contributed by atoms with Gasteiger partial charge in [0.25, 0.3) is 0 Å². The van der Waals surface area contributed by atoms with Crippen molar-refractivity contribution in [1.82, 2.24) is 0 Å². The van der Waals surface area contributed by atoms with Gasteiger partial charge in [0.15, 0.2) is 0 Å². The second-order valence-corrected chi connectivity index (χ2v) is 4.02.